The van der Waals surface area contributed by atoms with Gasteiger partial charge in [0.25, 0.3) is 0 Å². The van der Waals surface area contributed by atoms with Crippen LogP contribution < -0.4 is 11.1 Å². The Balaban J connectivity index is 1.98. The third kappa shape index (κ3) is 4.32. The molecule has 1 saturated heterocycles. The van der Waals surface area contributed by atoms with Gasteiger partial charge in [-0.05, 0) is 57.1 Å². The zero-order chi connectivity index (χ0) is 18.7. The average molecular weight is 364 g/mol. The Labute approximate surface area is 151 Å². The van der Waals surface area contributed by atoms with Crippen molar-refractivity contribution in [1.82, 2.24) is 9.47 Å². The highest BCUT2D eigenvalue weighted by molar-refractivity contribution is 5.94. The lowest BCUT2D eigenvalue weighted by molar-refractivity contribution is -0.140. The molecule has 140 valence electrons. The van der Waals surface area contributed by atoms with Gasteiger partial charge in [-0.25, -0.2) is 0 Å². The lowest BCUT2D eigenvalue weighted by atomic mass is 10.0. The number of fused-ring (bicyclic) bond motifs is 1. The first kappa shape index (κ1) is 18.6. The third-order valence-corrected chi connectivity index (χ3v) is 4.68. The van der Waals surface area contributed by atoms with E-state index in [4.69, 9.17) is 5.73 Å². The SMILES string of the molecule is CN1CCC(Nc2cccc3c2cc(C#CCN)n3CC(F)(F)F)CC1. The van der Waals surface area contributed by atoms with Gasteiger partial charge in [0, 0.05) is 17.1 Å². The average Bonchev–Trinajstić information content (AvgIpc) is 2.92. The molecule has 0 spiro atoms. The van der Waals surface area contributed by atoms with E-state index in [0.29, 0.717) is 17.3 Å². The van der Waals surface area contributed by atoms with Gasteiger partial charge in [-0.2, -0.15) is 13.2 Å². The minimum Gasteiger partial charge on any atom is -0.382 e. The Morgan fingerprint density at radius 2 is 2.00 bits per heavy atom. The molecular weight excluding hydrogens is 341 g/mol. The highest BCUT2D eigenvalue weighted by atomic mass is 19.4. The molecule has 3 N–H and O–H groups in total. The van der Waals surface area contributed by atoms with Gasteiger partial charge in [0.15, 0.2) is 0 Å². The van der Waals surface area contributed by atoms with Crippen molar-refractivity contribution in [2.24, 2.45) is 5.73 Å². The van der Waals surface area contributed by atoms with Crippen LogP contribution in [0.2, 0.25) is 0 Å². The normalized spacial score (nSPS) is 16.5. The first-order chi connectivity index (χ1) is 12.4. The van der Waals surface area contributed by atoms with E-state index in [1.807, 2.05) is 6.07 Å². The smallest absolute Gasteiger partial charge is 0.382 e. The standard InChI is InChI=1S/C19H23F3N4/c1-25-10-7-14(8-11-25)24-17-5-2-6-18-16(17)12-15(4-3-9-23)26(18)13-19(20,21)22/h2,5-6,12,14,24H,7-11,13,23H2,1H3. The number of rotatable bonds is 3. The van der Waals surface area contributed by atoms with E-state index in [2.05, 4.69) is 29.1 Å². The summed E-state index contributed by atoms with van der Waals surface area (Å²) in [5.41, 5.74) is 7.11. The number of nitrogens with zero attached hydrogens (tertiary/aromatic N) is 2. The predicted molar refractivity (Wildman–Crippen MR) is 98.1 cm³/mol. The van der Waals surface area contributed by atoms with E-state index in [1.54, 1.807) is 18.2 Å². The van der Waals surface area contributed by atoms with E-state index >= 15 is 0 Å². The Hall–Kier alpha value is -2.17. The molecule has 2 heterocycles. The molecule has 1 aliphatic rings. The fourth-order valence-electron chi connectivity index (χ4n) is 3.38. The van der Waals surface area contributed by atoms with Crippen molar-refractivity contribution < 1.29 is 13.2 Å². The monoisotopic (exact) mass is 364 g/mol. The van der Waals surface area contributed by atoms with Crippen molar-refractivity contribution in [2.75, 3.05) is 32.0 Å². The van der Waals surface area contributed by atoms with E-state index in [1.165, 1.54) is 4.57 Å². The molecule has 0 saturated carbocycles. The number of benzene rings is 1. The fraction of sp³-hybridized carbons (Fsp3) is 0.474. The van der Waals surface area contributed by atoms with Gasteiger partial charge in [0.2, 0.25) is 0 Å². The minimum absolute atomic E-state index is 0.105. The molecule has 0 atom stereocenters. The van der Waals surface area contributed by atoms with Crippen LogP contribution in [-0.4, -0.2) is 48.4 Å². The van der Waals surface area contributed by atoms with Crippen LogP contribution in [0.25, 0.3) is 10.9 Å². The highest BCUT2D eigenvalue weighted by Crippen LogP contribution is 2.31. The summed E-state index contributed by atoms with van der Waals surface area (Å²) in [6, 6.07) is 7.45. The van der Waals surface area contributed by atoms with Gasteiger partial charge in [-0.1, -0.05) is 12.0 Å². The van der Waals surface area contributed by atoms with Crippen LogP contribution >= 0.6 is 0 Å². The third-order valence-electron chi connectivity index (χ3n) is 4.68. The van der Waals surface area contributed by atoms with Crippen molar-refractivity contribution in [1.29, 1.82) is 0 Å². The lowest BCUT2D eigenvalue weighted by Gasteiger charge is -2.30. The van der Waals surface area contributed by atoms with Gasteiger partial charge in [0.05, 0.1) is 17.8 Å². The second kappa shape index (κ2) is 7.60. The Morgan fingerprint density at radius 3 is 2.65 bits per heavy atom. The molecule has 1 fully saturated rings. The summed E-state index contributed by atoms with van der Waals surface area (Å²) in [6.45, 7) is 1.06. The number of anilines is 1. The number of likely N-dealkylation sites (tertiary alicyclic amines) is 1. The molecule has 26 heavy (non-hydrogen) atoms. The summed E-state index contributed by atoms with van der Waals surface area (Å²) in [6.07, 6.45) is -2.30. The summed E-state index contributed by atoms with van der Waals surface area (Å²) in [5.74, 6) is 5.44. The number of aromatic nitrogens is 1. The molecule has 4 nitrogen and oxygen atoms in total. The summed E-state index contributed by atoms with van der Waals surface area (Å²) >= 11 is 0. The van der Waals surface area contributed by atoms with Crippen LogP contribution in [0.4, 0.5) is 18.9 Å². The minimum atomic E-state index is -4.32. The van der Waals surface area contributed by atoms with Gasteiger partial charge in [0.1, 0.15) is 6.54 Å². The number of halogens is 3. The maximum absolute atomic E-state index is 13.0. The first-order valence-electron chi connectivity index (χ1n) is 8.70. The Kier molecular flexibility index (Phi) is 5.44. The largest absolute Gasteiger partial charge is 0.406 e. The van der Waals surface area contributed by atoms with Crippen molar-refractivity contribution in [2.45, 2.75) is 31.6 Å². The van der Waals surface area contributed by atoms with Gasteiger partial charge in [-0.3, -0.25) is 0 Å². The molecule has 1 aromatic carbocycles. The zero-order valence-electron chi connectivity index (χ0n) is 14.7. The molecule has 0 amide bonds. The Morgan fingerprint density at radius 1 is 1.27 bits per heavy atom. The van der Waals surface area contributed by atoms with Crippen LogP contribution in [0, 0.1) is 11.8 Å². The summed E-state index contributed by atoms with van der Waals surface area (Å²) in [7, 11) is 2.09. The number of hydrogen-bond donors (Lipinski definition) is 2. The van der Waals surface area contributed by atoms with Crippen molar-refractivity contribution in [3.05, 3.63) is 30.0 Å². The van der Waals surface area contributed by atoms with Gasteiger partial charge >= 0.3 is 6.18 Å². The topological polar surface area (TPSA) is 46.2 Å². The van der Waals surface area contributed by atoms with Crippen LogP contribution in [-0.2, 0) is 6.54 Å². The fourth-order valence-corrected chi connectivity index (χ4v) is 3.38. The maximum atomic E-state index is 13.0. The van der Waals surface area contributed by atoms with E-state index < -0.39 is 12.7 Å². The lowest BCUT2D eigenvalue weighted by Crippen LogP contribution is -2.36. The second-order valence-electron chi connectivity index (χ2n) is 6.70. The molecule has 0 radical (unpaired) electrons. The number of alkyl halides is 3. The Bertz CT molecular complexity index is 821. The van der Waals surface area contributed by atoms with Crippen molar-refractivity contribution in [3.63, 3.8) is 0 Å². The second-order valence-corrected chi connectivity index (χ2v) is 6.70. The molecular formula is C19H23F3N4. The number of nitrogens with one attached hydrogen (secondary N) is 1. The summed E-state index contributed by atoms with van der Waals surface area (Å²) in [5, 5.41) is 4.27. The zero-order valence-corrected chi connectivity index (χ0v) is 14.7. The van der Waals surface area contributed by atoms with Crippen LogP contribution in [0.15, 0.2) is 24.3 Å². The molecule has 7 heteroatoms. The van der Waals surface area contributed by atoms with E-state index in [-0.39, 0.29) is 6.54 Å². The van der Waals surface area contributed by atoms with E-state index in [0.717, 1.165) is 37.0 Å². The van der Waals surface area contributed by atoms with Crippen LogP contribution in [0.5, 0.6) is 0 Å². The molecule has 1 aliphatic heterocycles. The molecule has 0 bridgehead atoms. The van der Waals surface area contributed by atoms with Gasteiger partial charge in [-0.15, -0.1) is 0 Å². The maximum Gasteiger partial charge on any atom is 0.406 e. The molecule has 1 aromatic heterocycles. The number of nitrogens with two attached hydrogens (primary N) is 1. The quantitative estimate of drug-likeness (QED) is 0.823. The van der Waals surface area contributed by atoms with E-state index in [9.17, 15) is 13.2 Å². The number of piperidine rings is 1. The molecule has 3 rings (SSSR count). The van der Waals surface area contributed by atoms with Gasteiger partial charge < -0.3 is 20.5 Å². The van der Waals surface area contributed by atoms with Crippen molar-refractivity contribution in [3.8, 4) is 11.8 Å². The van der Waals surface area contributed by atoms with Crippen LogP contribution in [0.3, 0.4) is 0 Å². The molecule has 2 aromatic rings. The highest BCUT2D eigenvalue weighted by Gasteiger charge is 2.30. The predicted octanol–water partition coefficient (Wildman–Crippen LogP) is 3.02. The molecule has 0 unspecified atom stereocenters. The molecule has 0 aliphatic carbocycles. The summed E-state index contributed by atoms with van der Waals surface area (Å²) in [4.78, 5) is 2.28. The first-order valence-corrected chi connectivity index (χ1v) is 8.70. The number of hydrogen-bond acceptors (Lipinski definition) is 3. The summed E-state index contributed by atoms with van der Waals surface area (Å²) < 4.78 is 40.4. The van der Waals surface area contributed by atoms with Crippen LogP contribution in [0.1, 0.15) is 18.5 Å². The van der Waals surface area contributed by atoms with Crippen molar-refractivity contribution >= 4 is 16.6 Å².